The van der Waals surface area contributed by atoms with Gasteiger partial charge in [-0.2, -0.15) is 0 Å². The van der Waals surface area contributed by atoms with Gasteiger partial charge in [0.05, 0.1) is 0 Å². The minimum absolute atomic E-state index is 0.296. The Hall–Kier alpha value is -1.32. The molecule has 0 aromatic rings. The van der Waals surface area contributed by atoms with Crippen LogP contribution < -0.4 is 0 Å². The molecular weight excluding hydrogens is 304 g/mol. The Morgan fingerprint density at radius 2 is 1.29 bits per heavy atom. The van der Waals surface area contributed by atoms with Crippen molar-refractivity contribution in [1.29, 1.82) is 0 Å². The van der Waals surface area contributed by atoms with Gasteiger partial charge in [-0.25, -0.2) is 0 Å². The summed E-state index contributed by atoms with van der Waals surface area (Å²) in [6.07, 6.45) is 18.1. The summed E-state index contributed by atoms with van der Waals surface area (Å²) < 4.78 is 0. The minimum Gasteiger partial charge on any atom is -0.481 e. The van der Waals surface area contributed by atoms with Crippen molar-refractivity contribution in [3.8, 4) is 0 Å². The molecule has 0 aliphatic carbocycles. The first-order valence-corrected chi connectivity index (χ1v) is 9.64. The lowest BCUT2D eigenvalue weighted by Crippen LogP contribution is -1.99. The fourth-order valence-corrected chi connectivity index (χ4v) is 2.90. The lowest BCUT2D eigenvalue weighted by Gasteiger charge is -2.13. The van der Waals surface area contributed by atoms with Crippen LogP contribution in [0.3, 0.4) is 0 Å². The molecule has 1 atom stereocenters. The molecule has 0 fully saturated rings. The van der Waals surface area contributed by atoms with Crippen LogP contribution >= 0.6 is 0 Å². The van der Waals surface area contributed by atoms with Gasteiger partial charge in [0.1, 0.15) is 0 Å². The third-order valence-corrected chi connectivity index (χ3v) is 4.50. The summed E-state index contributed by atoms with van der Waals surface area (Å²) in [7, 11) is 0. The Balaban J connectivity index is 3.47. The molecule has 0 radical (unpaired) electrons. The van der Waals surface area contributed by atoms with E-state index in [2.05, 4.69) is 19.1 Å². The van der Waals surface area contributed by atoms with E-state index >= 15 is 0 Å². The summed E-state index contributed by atoms with van der Waals surface area (Å²) in [6.45, 7) is 2.24. The molecule has 0 saturated heterocycles. The molecule has 140 valence electrons. The molecule has 0 bridgehead atoms. The largest absolute Gasteiger partial charge is 0.481 e. The fraction of sp³-hybridized carbons (Fsp3) is 0.800. The first kappa shape index (κ1) is 22.7. The van der Waals surface area contributed by atoms with Crippen LogP contribution in [-0.2, 0) is 9.59 Å². The monoisotopic (exact) mass is 340 g/mol. The summed E-state index contributed by atoms with van der Waals surface area (Å²) in [5.41, 5.74) is 0. The number of hydrogen-bond acceptors (Lipinski definition) is 2. The molecular formula is C20H36O4. The van der Waals surface area contributed by atoms with Crippen LogP contribution in [0.4, 0.5) is 0 Å². The zero-order valence-corrected chi connectivity index (χ0v) is 15.3. The number of aliphatic carboxylic acids is 2. The zero-order chi connectivity index (χ0) is 18.0. The van der Waals surface area contributed by atoms with Gasteiger partial charge in [0, 0.05) is 12.8 Å². The van der Waals surface area contributed by atoms with Crippen molar-refractivity contribution in [2.24, 2.45) is 5.92 Å². The Labute approximate surface area is 147 Å². The Bertz CT molecular complexity index is 350. The summed E-state index contributed by atoms with van der Waals surface area (Å²) in [5, 5.41) is 17.2. The van der Waals surface area contributed by atoms with Crippen LogP contribution in [0.5, 0.6) is 0 Å². The van der Waals surface area contributed by atoms with E-state index < -0.39 is 11.9 Å². The first-order chi connectivity index (χ1) is 11.6. The minimum atomic E-state index is -0.692. The normalized spacial score (nSPS) is 12.5. The van der Waals surface area contributed by atoms with E-state index in [4.69, 9.17) is 10.2 Å². The number of carboxylic acid groups (broad SMARTS) is 2. The van der Waals surface area contributed by atoms with Gasteiger partial charge in [-0.05, 0) is 44.4 Å². The van der Waals surface area contributed by atoms with Crippen LogP contribution in [0.1, 0.15) is 96.8 Å². The van der Waals surface area contributed by atoms with Crippen LogP contribution in [0.2, 0.25) is 0 Å². The second-order valence-corrected chi connectivity index (χ2v) is 6.66. The molecule has 0 aliphatic rings. The average Bonchev–Trinajstić information content (AvgIpc) is 2.53. The number of hydrogen-bond donors (Lipinski definition) is 2. The maximum atomic E-state index is 10.4. The van der Waals surface area contributed by atoms with Gasteiger partial charge in [-0.1, -0.05) is 57.6 Å². The van der Waals surface area contributed by atoms with Crippen LogP contribution in [0, 0.1) is 5.92 Å². The maximum absolute atomic E-state index is 10.4. The lowest BCUT2D eigenvalue weighted by molar-refractivity contribution is -0.138. The topological polar surface area (TPSA) is 74.6 Å². The molecule has 4 nitrogen and oxygen atoms in total. The van der Waals surface area contributed by atoms with E-state index in [-0.39, 0.29) is 0 Å². The van der Waals surface area contributed by atoms with Gasteiger partial charge < -0.3 is 10.2 Å². The summed E-state index contributed by atoms with van der Waals surface area (Å²) in [5.74, 6) is -0.619. The van der Waals surface area contributed by atoms with Crippen molar-refractivity contribution in [2.75, 3.05) is 0 Å². The number of rotatable bonds is 17. The SMILES string of the molecule is CCC(CCC=CCCCCCCC(=O)O)CCCCCC(=O)O. The Morgan fingerprint density at radius 3 is 1.88 bits per heavy atom. The fourth-order valence-electron chi connectivity index (χ4n) is 2.90. The van der Waals surface area contributed by atoms with Gasteiger partial charge in [0.15, 0.2) is 0 Å². The molecule has 0 heterocycles. The average molecular weight is 341 g/mol. The molecule has 4 heteroatoms. The molecule has 1 unspecified atom stereocenters. The van der Waals surface area contributed by atoms with Crippen molar-refractivity contribution in [3.05, 3.63) is 12.2 Å². The maximum Gasteiger partial charge on any atom is 0.303 e. The van der Waals surface area contributed by atoms with Crippen LogP contribution in [0.15, 0.2) is 12.2 Å². The highest BCUT2D eigenvalue weighted by Crippen LogP contribution is 2.19. The van der Waals surface area contributed by atoms with Crippen LogP contribution in [-0.4, -0.2) is 22.2 Å². The number of carbonyl (C=O) groups is 2. The zero-order valence-electron chi connectivity index (χ0n) is 15.3. The highest BCUT2D eigenvalue weighted by atomic mass is 16.4. The predicted octanol–water partition coefficient (Wildman–Crippen LogP) is 5.81. The van der Waals surface area contributed by atoms with Crippen LogP contribution in [0.25, 0.3) is 0 Å². The highest BCUT2D eigenvalue weighted by molar-refractivity contribution is 5.66. The van der Waals surface area contributed by atoms with E-state index in [1.165, 1.54) is 19.3 Å². The molecule has 2 N–H and O–H groups in total. The van der Waals surface area contributed by atoms with Gasteiger partial charge in [0.2, 0.25) is 0 Å². The number of carboxylic acids is 2. The summed E-state index contributed by atoms with van der Waals surface area (Å²) in [4.78, 5) is 20.8. The van der Waals surface area contributed by atoms with Gasteiger partial charge in [-0.3, -0.25) is 9.59 Å². The Morgan fingerprint density at radius 1 is 0.750 bits per heavy atom. The lowest BCUT2D eigenvalue weighted by atomic mass is 9.93. The van der Waals surface area contributed by atoms with Crippen molar-refractivity contribution < 1.29 is 19.8 Å². The molecule has 0 aromatic carbocycles. The third kappa shape index (κ3) is 17.0. The van der Waals surface area contributed by atoms with Gasteiger partial charge in [-0.15, -0.1) is 0 Å². The predicted molar refractivity (Wildman–Crippen MR) is 98.2 cm³/mol. The quantitative estimate of drug-likeness (QED) is 0.259. The number of allylic oxidation sites excluding steroid dienone is 2. The van der Waals surface area contributed by atoms with Crippen molar-refractivity contribution in [3.63, 3.8) is 0 Å². The van der Waals surface area contributed by atoms with E-state index in [1.807, 2.05) is 0 Å². The smallest absolute Gasteiger partial charge is 0.303 e. The van der Waals surface area contributed by atoms with E-state index in [0.29, 0.717) is 12.8 Å². The number of unbranched alkanes of at least 4 members (excludes halogenated alkanes) is 6. The van der Waals surface area contributed by atoms with E-state index in [9.17, 15) is 9.59 Å². The third-order valence-electron chi connectivity index (χ3n) is 4.50. The molecule has 0 spiro atoms. The molecule has 24 heavy (non-hydrogen) atoms. The van der Waals surface area contributed by atoms with E-state index in [0.717, 1.165) is 63.7 Å². The van der Waals surface area contributed by atoms with Gasteiger partial charge >= 0.3 is 11.9 Å². The molecule has 0 aromatic heterocycles. The molecule has 0 rings (SSSR count). The molecule has 0 amide bonds. The second kappa shape index (κ2) is 16.5. The molecule has 0 aliphatic heterocycles. The Kier molecular flexibility index (Phi) is 15.6. The van der Waals surface area contributed by atoms with Gasteiger partial charge in [0.25, 0.3) is 0 Å². The molecule has 0 saturated carbocycles. The highest BCUT2D eigenvalue weighted by Gasteiger charge is 2.05. The van der Waals surface area contributed by atoms with Crippen molar-refractivity contribution >= 4 is 11.9 Å². The first-order valence-electron chi connectivity index (χ1n) is 9.64. The van der Waals surface area contributed by atoms with E-state index in [1.54, 1.807) is 0 Å². The van der Waals surface area contributed by atoms with Crippen molar-refractivity contribution in [2.45, 2.75) is 96.8 Å². The second-order valence-electron chi connectivity index (χ2n) is 6.66. The standard InChI is InChI=1S/C20H36O4/c1-2-18(15-11-9-13-17-20(23)24)14-10-7-5-3-4-6-8-12-16-19(21)22/h5,7,18H,2-4,6,8-17H2,1H3,(H,21,22)(H,23,24). The summed E-state index contributed by atoms with van der Waals surface area (Å²) in [6, 6.07) is 0. The van der Waals surface area contributed by atoms with Crippen molar-refractivity contribution in [1.82, 2.24) is 0 Å². The summed E-state index contributed by atoms with van der Waals surface area (Å²) >= 11 is 0.